The maximum Gasteiger partial charge on any atom is 0.306 e. The van der Waals surface area contributed by atoms with Crippen LogP contribution < -0.4 is 0 Å². The van der Waals surface area contributed by atoms with Crippen molar-refractivity contribution in [1.82, 2.24) is 0 Å². The van der Waals surface area contributed by atoms with Gasteiger partial charge in [-0.25, -0.2) is 0 Å². The van der Waals surface area contributed by atoms with Crippen molar-refractivity contribution in [3.8, 4) is 0 Å². The molecule has 0 aromatic heterocycles. The summed E-state index contributed by atoms with van der Waals surface area (Å²) in [5, 5.41) is 71.9. The zero-order chi connectivity index (χ0) is 45.4. The van der Waals surface area contributed by atoms with E-state index in [9.17, 15) is 45.3 Å². The zero-order valence-electron chi connectivity index (χ0n) is 37.6. The van der Waals surface area contributed by atoms with E-state index >= 15 is 0 Å². The minimum absolute atomic E-state index is 0.147. The minimum atomic E-state index is -1.77. The standard InChI is InChI=1S/C47H82O15/c1-3-5-7-9-11-13-15-16-17-18-20-22-24-26-28-30-39(50)60-35(32-57-38(49)29-27-25-23-21-19-14-12-10-8-6-4-2)33-58-46-45(56)43(54)41(52)37(62-46)34-59-47-44(55)42(53)40(51)36(31-48)61-47/h10-13,16-17,35-37,40-48,51-56H,3-9,14-15,18-34H2,1-2H3/b12-10+,13-11+,17-16+/t35-,36-,37-,40+,41+,42?,43?,44?,45?,46-,47-/m1/s1. The molecule has 15 nitrogen and oxygen atoms in total. The highest BCUT2D eigenvalue weighted by Crippen LogP contribution is 2.26. The number of esters is 2. The number of rotatable bonds is 35. The van der Waals surface area contributed by atoms with Crippen molar-refractivity contribution in [2.45, 2.75) is 223 Å². The molecule has 15 heteroatoms. The third-order valence-electron chi connectivity index (χ3n) is 11.1. The van der Waals surface area contributed by atoms with Gasteiger partial charge in [0, 0.05) is 12.8 Å². The van der Waals surface area contributed by atoms with Gasteiger partial charge in [-0.3, -0.25) is 9.59 Å². The van der Waals surface area contributed by atoms with E-state index < -0.39 is 92.7 Å². The monoisotopic (exact) mass is 887 g/mol. The van der Waals surface area contributed by atoms with Gasteiger partial charge >= 0.3 is 11.9 Å². The van der Waals surface area contributed by atoms with Gasteiger partial charge in [0.1, 0.15) is 55.4 Å². The summed E-state index contributed by atoms with van der Waals surface area (Å²) in [5.74, 6) is -0.955. The lowest BCUT2D eigenvalue weighted by molar-refractivity contribution is -0.332. The Kier molecular flexibility index (Phi) is 31.6. The van der Waals surface area contributed by atoms with Crippen LogP contribution in [-0.4, -0.2) is 142 Å². The molecule has 2 rings (SSSR count). The van der Waals surface area contributed by atoms with Gasteiger partial charge in [0.05, 0.1) is 19.8 Å². The van der Waals surface area contributed by atoms with Crippen molar-refractivity contribution >= 4 is 11.9 Å². The van der Waals surface area contributed by atoms with Crippen molar-refractivity contribution < 1.29 is 73.8 Å². The fraction of sp³-hybridized carbons (Fsp3) is 0.830. The highest BCUT2D eigenvalue weighted by atomic mass is 16.7. The van der Waals surface area contributed by atoms with Crippen molar-refractivity contribution in [3.05, 3.63) is 36.5 Å². The second kappa shape index (κ2) is 35.0. The van der Waals surface area contributed by atoms with Gasteiger partial charge in [-0.2, -0.15) is 0 Å². The predicted molar refractivity (Wildman–Crippen MR) is 234 cm³/mol. The largest absolute Gasteiger partial charge is 0.462 e. The van der Waals surface area contributed by atoms with Crippen LogP contribution in [-0.2, 0) is 38.0 Å². The molecule has 360 valence electrons. The summed E-state index contributed by atoms with van der Waals surface area (Å²) in [6, 6.07) is 0. The second-order valence-corrected chi connectivity index (χ2v) is 16.6. The fourth-order valence-electron chi connectivity index (χ4n) is 7.11. The third-order valence-corrected chi connectivity index (χ3v) is 11.1. The zero-order valence-corrected chi connectivity index (χ0v) is 37.6. The number of hydrogen-bond donors (Lipinski definition) is 7. The SMILES string of the molecule is CCCC/C=C/CCCCCCCC(=O)OC[C@H](CO[C@@H]1O[C@H](CO[C@@H]2O[C@H](CO)[C@H](O)C(O)C2O)[C@H](O)C(O)C1O)OC(=O)CCCCCCC/C=C/C/C=C/CCCCC. The van der Waals surface area contributed by atoms with E-state index in [4.69, 9.17) is 28.4 Å². The van der Waals surface area contributed by atoms with Crippen LogP contribution in [0.4, 0.5) is 0 Å². The Labute approximate surface area is 370 Å². The topological polar surface area (TPSA) is 231 Å². The van der Waals surface area contributed by atoms with E-state index in [0.29, 0.717) is 12.8 Å². The first-order chi connectivity index (χ1) is 30.0. The Bertz CT molecular complexity index is 1230. The molecule has 4 unspecified atom stereocenters. The Morgan fingerprint density at radius 3 is 1.56 bits per heavy atom. The summed E-state index contributed by atoms with van der Waals surface area (Å²) in [4.78, 5) is 25.6. The highest BCUT2D eigenvalue weighted by Gasteiger charge is 2.47. The summed E-state index contributed by atoms with van der Waals surface area (Å²) >= 11 is 0. The first-order valence-electron chi connectivity index (χ1n) is 23.6. The Morgan fingerprint density at radius 2 is 0.984 bits per heavy atom. The van der Waals surface area contributed by atoms with Gasteiger partial charge in [-0.15, -0.1) is 0 Å². The lowest BCUT2D eigenvalue weighted by Gasteiger charge is -2.42. The smallest absolute Gasteiger partial charge is 0.306 e. The molecule has 0 aromatic rings. The molecule has 0 saturated carbocycles. The number of aliphatic hydroxyl groups excluding tert-OH is 7. The van der Waals surface area contributed by atoms with Gasteiger partial charge < -0.3 is 64.2 Å². The van der Waals surface area contributed by atoms with E-state index in [0.717, 1.165) is 83.5 Å². The van der Waals surface area contributed by atoms with Crippen molar-refractivity contribution in [3.63, 3.8) is 0 Å². The van der Waals surface area contributed by atoms with E-state index in [1.54, 1.807) is 0 Å². The summed E-state index contributed by atoms with van der Waals surface area (Å²) < 4.78 is 33.4. The quantitative estimate of drug-likeness (QED) is 0.0241. The van der Waals surface area contributed by atoms with E-state index in [-0.39, 0.29) is 26.1 Å². The van der Waals surface area contributed by atoms with Crippen LogP contribution >= 0.6 is 0 Å². The molecule has 0 aliphatic carbocycles. The average molecular weight is 887 g/mol. The van der Waals surface area contributed by atoms with E-state index in [1.165, 1.54) is 32.1 Å². The molecule has 2 aliphatic heterocycles. The van der Waals surface area contributed by atoms with Crippen LogP contribution in [0.5, 0.6) is 0 Å². The van der Waals surface area contributed by atoms with Gasteiger partial charge in [0.2, 0.25) is 0 Å². The molecule has 11 atom stereocenters. The molecule has 0 aromatic carbocycles. The Morgan fingerprint density at radius 1 is 0.516 bits per heavy atom. The lowest BCUT2D eigenvalue weighted by Crippen LogP contribution is -2.61. The maximum absolute atomic E-state index is 12.9. The number of unbranched alkanes of at least 4 members (excludes halogenated alkanes) is 15. The summed E-state index contributed by atoms with van der Waals surface area (Å²) in [6.07, 6.45) is 17.6. The summed E-state index contributed by atoms with van der Waals surface area (Å²) in [6.45, 7) is 2.48. The van der Waals surface area contributed by atoms with Crippen LogP contribution in [0.2, 0.25) is 0 Å². The average Bonchev–Trinajstić information content (AvgIpc) is 3.26. The van der Waals surface area contributed by atoms with Crippen LogP contribution in [0.1, 0.15) is 155 Å². The summed E-state index contributed by atoms with van der Waals surface area (Å²) in [7, 11) is 0. The third kappa shape index (κ3) is 23.6. The Balaban J connectivity index is 1.86. The molecule has 0 radical (unpaired) electrons. The number of carbonyl (C=O) groups is 2. The first-order valence-corrected chi connectivity index (χ1v) is 23.6. The van der Waals surface area contributed by atoms with Gasteiger partial charge in [0.25, 0.3) is 0 Å². The van der Waals surface area contributed by atoms with Gasteiger partial charge in [0.15, 0.2) is 18.7 Å². The number of allylic oxidation sites excluding steroid dienone is 6. The molecule has 0 spiro atoms. The van der Waals surface area contributed by atoms with Crippen LogP contribution in [0, 0.1) is 0 Å². The molecular formula is C47H82O15. The van der Waals surface area contributed by atoms with Crippen molar-refractivity contribution in [1.29, 1.82) is 0 Å². The fourth-order valence-corrected chi connectivity index (χ4v) is 7.11. The lowest BCUT2D eigenvalue weighted by atomic mass is 9.98. The number of hydrogen-bond acceptors (Lipinski definition) is 15. The van der Waals surface area contributed by atoms with Crippen LogP contribution in [0.25, 0.3) is 0 Å². The van der Waals surface area contributed by atoms with Gasteiger partial charge in [-0.1, -0.05) is 115 Å². The molecular weight excluding hydrogens is 805 g/mol. The minimum Gasteiger partial charge on any atom is -0.462 e. The highest BCUT2D eigenvalue weighted by molar-refractivity contribution is 5.70. The van der Waals surface area contributed by atoms with Crippen molar-refractivity contribution in [2.24, 2.45) is 0 Å². The molecule has 2 heterocycles. The van der Waals surface area contributed by atoms with Crippen molar-refractivity contribution in [2.75, 3.05) is 26.4 Å². The molecule has 2 fully saturated rings. The molecule has 2 aliphatic rings. The maximum atomic E-state index is 12.9. The van der Waals surface area contributed by atoms with Crippen LogP contribution in [0.3, 0.4) is 0 Å². The molecule has 0 bridgehead atoms. The molecule has 0 amide bonds. The second-order valence-electron chi connectivity index (χ2n) is 16.6. The summed E-state index contributed by atoms with van der Waals surface area (Å²) in [5.41, 5.74) is 0. The van der Waals surface area contributed by atoms with E-state index in [1.807, 2.05) is 0 Å². The Hall–Kier alpha value is -2.28. The van der Waals surface area contributed by atoms with Gasteiger partial charge in [-0.05, 0) is 64.2 Å². The first kappa shape index (κ1) is 55.9. The molecule has 2 saturated heterocycles. The molecule has 7 N–H and O–H groups in total. The predicted octanol–water partition coefficient (Wildman–Crippen LogP) is 5.37. The number of carbonyl (C=O) groups excluding carboxylic acids is 2. The normalized spacial score (nSPS) is 27.4. The number of aliphatic hydroxyl groups is 7. The number of ether oxygens (including phenoxy) is 6. The van der Waals surface area contributed by atoms with E-state index in [2.05, 4.69) is 50.3 Å². The van der Waals surface area contributed by atoms with Crippen LogP contribution in [0.15, 0.2) is 36.5 Å². The molecule has 62 heavy (non-hydrogen) atoms.